The van der Waals surface area contributed by atoms with E-state index in [0.29, 0.717) is 16.9 Å². The molecule has 1 aromatic heterocycles. The van der Waals surface area contributed by atoms with Gasteiger partial charge in [-0.05, 0) is 85.6 Å². The lowest BCUT2D eigenvalue weighted by Crippen LogP contribution is -2.14. The number of amides is 1. The fourth-order valence-corrected chi connectivity index (χ4v) is 4.84. The highest BCUT2D eigenvalue weighted by Gasteiger charge is 2.15. The second kappa shape index (κ2) is 8.94. The van der Waals surface area contributed by atoms with Gasteiger partial charge in [0.05, 0.1) is 4.90 Å². The Balaban J connectivity index is 1.42. The molecule has 0 radical (unpaired) electrons. The average Bonchev–Trinajstić information content (AvgIpc) is 3.31. The number of benzene rings is 3. The number of nitrogens with zero attached hydrogens (tertiary/aromatic N) is 1. The fraction of sp³-hybridized carbons (Fsp3) is 0.0833. The molecular formula is C24H21N3O3S2. The topological polar surface area (TPSA) is 88.2 Å². The van der Waals surface area contributed by atoms with Crippen molar-refractivity contribution in [2.45, 2.75) is 18.7 Å². The third-order valence-corrected chi connectivity index (χ3v) is 7.21. The van der Waals surface area contributed by atoms with Crippen LogP contribution < -0.4 is 10.0 Å². The van der Waals surface area contributed by atoms with Crippen LogP contribution in [0.15, 0.2) is 83.2 Å². The van der Waals surface area contributed by atoms with Gasteiger partial charge in [-0.1, -0.05) is 6.07 Å². The summed E-state index contributed by atoms with van der Waals surface area (Å²) in [4.78, 5) is 17.0. The number of carbonyl (C=O) groups is 1. The predicted molar refractivity (Wildman–Crippen MR) is 129 cm³/mol. The number of hydrogen-bond acceptors (Lipinski definition) is 5. The number of rotatable bonds is 6. The quantitative estimate of drug-likeness (QED) is 0.396. The Kier molecular flexibility index (Phi) is 6.07. The summed E-state index contributed by atoms with van der Waals surface area (Å²) < 4.78 is 27.8. The standard InChI is InChI=1S/C24H21N3O3S2/c1-16-3-12-22(15-17(16)2)32(29,30)27-21-10-4-18(5-11-21)23(28)26-20-8-6-19(7-9-20)24-25-13-14-31-24/h3-15,27H,1-2H3,(H,26,28). The number of sulfonamides is 1. The van der Waals surface area contributed by atoms with Gasteiger partial charge in [-0.25, -0.2) is 13.4 Å². The van der Waals surface area contributed by atoms with Crippen molar-refractivity contribution in [3.05, 3.63) is 95.0 Å². The van der Waals surface area contributed by atoms with Gasteiger partial charge >= 0.3 is 0 Å². The van der Waals surface area contributed by atoms with E-state index in [1.807, 2.05) is 43.5 Å². The van der Waals surface area contributed by atoms with Crippen LogP contribution in [0.1, 0.15) is 21.5 Å². The van der Waals surface area contributed by atoms with Gasteiger partial charge in [0.15, 0.2) is 0 Å². The van der Waals surface area contributed by atoms with Crippen molar-refractivity contribution < 1.29 is 13.2 Å². The molecule has 0 aliphatic rings. The van der Waals surface area contributed by atoms with Gasteiger partial charge in [0, 0.05) is 34.1 Å². The maximum Gasteiger partial charge on any atom is 0.261 e. The molecule has 0 saturated heterocycles. The van der Waals surface area contributed by atoms with Crippen LogP contribution in [0.5, 0.6) is 0 Å². The van der Waals surface area contributed by atoms with Gasteiger partial charge in [-0.15, -0.1) is 11.3 Å². The molecule has 0 bridgehead atoms. The Labute approximate surface area is 191 Å². The first-order chi connectivity index (χ1) is 15.3. The van der Waals surface area contributed by atoms with E-state index in [-0.39, 0.29) is 10.8 Å². The molecular weight excluding hydrogens is 442 g/mol. The van der Waals surface area contributed by atoms with Crippen LogP contribution in [0.25, 0.3) is 10.6 Å². The molecule has 0 atom stereocenters. The van der Waals surface area contributed by atoms with Gasteiger partial charge in [0.25, 0.3) is 15.9 Å². The van der Waals surface area contributed by atoms with Crippen LogP contribution in [0.2, 0.25) is 0 Å². The molecule has 0 saturated carbocycles. The predicted octanol–water partition coefficient (Wildman–Crippen LogP) is 5.48. The molecule has 32 heavy (non-hydrogen) atoms. The first kappa shape index (κ1) is 21.7. The Morgan fingerprint density at radius 1 is 0.875 bits per heavy atom. The Morgan fingerprint density at radius 2 is 1.56 bits per heavy atom. The van der Waals surface area contributed by atoms with E-state index in [1.54, 1.807) is 60.0 Å². The number of aryl methyl sites for hydroxylation is 2. The van der Waals surface area contributed by atoms with Gasteiger partial charge in [0.2, 0.25) is 0 Å². The van der Waals surface area contributed by atoms with Crippen LogP contribution in [-0.2, 0) is 10.0 Å². The van der Waals surface area contributed by atoms with Crippen molar-refractivity contribution in [1.29, 1.82) is 0 Å². The number of carbonyl (C=O) groups excluding carboxylic acids is 1. The van der Waals surface area contributed by atoms with Gasteiger partial charge < -0.3 is 5.32 Å². The van der Waals surface area contributed by atoms with E-state index in [1.165, 1.54) is 0 Å². The van der Waals surface area contributed by atoms with Crippen LogP contribution in [0, 0.1) is 13.8 Å². The lowest BCUT2D eigenvalue weighted by atomic mass is 10.1. The fourth-order valence-electron chi connectivity index (χ4n) is 3.05. The SMILES string of the molecule is Cc1ccc(S(=O)(=O)Nc2ccc(C(=O)Nc3ccc(-c4nccs4)cc3)cc2)cc1C. The number of hydrogen-bond donors (Lipinski definition) is 2. The van der Waals surface area contributed by atoms with Crippen LogP contribution in [-0.4, -0.2) is 19.3 Å². The number of nitrogens with one attached hydrogen (secondary N) is 2. The second-order valence-corrected chi connectivity index (χ2v) is 9.87. The summed E-state index contributed by atoms with van der Waals surface area (Å²) in [5, 5.41) is 5.67. The molecule has 6 nitrogen and oxygen atoms in total. The van der Waals surface area contributed by atoms with E-state index in [9.17, 15) is 13.2 Å². The Morgan fingerprint density at radius 3 is 2.19 bits per heavy atom. The molecule has 0 spiro atoms. The lowest BCUT2D eigenvalue weighted by Gasteiger charge is -2.11. The van der Waals surface area contributed by atoms with Crippen LogP contribution in [0.4, 0.5) is 11.4 Å². The summed E-state index contributed by atoms with van der Waals surface area (Å²) in [6.07, 6.45) is 1.75. The normalized spacial score (nSPS) is 11.2. The summed E-state index contributed by atoms with van der Waals surface area (Å²) >= 11 is 1.55. The minimum Gasteiger partial charge on any atom is -0.322 e. The molecule has 4 aromatic rings. The molecule has 4 rings (SSSR count). The summed E-state index contributed by atoms with van der Waals surface area (Å²) in [6, 6.07) is 18.7. The minimum absolute atomic E-state index is 0.198. The van der Waals surface area contributed by atoms with Gasteiger partial charge in [-0.3, -0.25) is 9.52 Å². The van der Waals surface area contributed by atoms with Crippen molar-refractivity contribution in [3.8, 4) is 10.6 Å². The van der Waals surface area contributed by atoms with Crippen LogP contribution in [0.3, 0.4) is 0 Å². The number of anilines is 2. The zero-order valence-electron chi connectivity index (χ0n) is 17.5. The van der Waals surface area contributed by atoms with Gasteiger partial charge in [-0.2, -0.15) is 0 Å². The molecule has 2 N–H and O–H groups in total. The second-order valence-electron chi connectivity index (χ2n) is 7.30. The van der Waals surface area contributed by atoms with Crippen molar-refractivity contribution in [3.63, 3.8) is 0 Å². The van der Waals surface area contributed by atoms with Crippen molar-refractivity contribution in [2.75, 3.05) is 10.0 Å². The zero-order chi connectivity index (χ0) is 22.7. The highest BCUT2D eigenvalue weighted by Crippen LogP contribution is 2.24. The maximum atomic E-state index is 12.6. The van der Waals surface area contributed by atoms with E-state index in [2.05, 4.69) is 15.0 Å². The lowest BCUT2D eigenvalue weighted by molar-refractivity contribution is 0.102. The number of aromatic nitrogens is 1. The third kappa shape index (κ3) is 4.87. The highest BCUT2D eigenvalue weighted by atomic mass is 32.2. The summed E-state index contributed by atoms with van der Waals surface area (Å²) in [5.41, 5.74) is 4.38. The van der Waals surface area contributed by atoms with E-state index >= 15 is 0 Å². The third-order valence-electron chi connectivity index (χ3n) is 5.01. The van der Waals surface area contributed by atoms with Crippen LogP contribution >= 0.6 is 11.3 Å². The van der Waals surface area contributed by atoms with Crippen molar-refractivity contribution in [2.24, 2.45) is 0 Å². The average molecular weight is 464 g/mol. The van der Waals surface area contributed by atoms with E-state index in [4.69, 9.17) is 0 Å². The van der Waals surface area contributed by atoms with Crippen molar-refractivity contribution in [1.82, 2.24) is 4.98 Å². The summed E-state index contributed by atoms with van der Waals surface area (Å²) in [5.74, 6) is -0.282. The van der Waals surface area contributed by atoms with Crippen molar-refractivity contribution >= 4 is 38.6 Å². The largest absolute Gasteiger partial charge is 0.322 e. The minimum atomic E-state index is -3.71. The molecule has 3 aromatic carbocycles. The molecule has 0 fully saturated rings. The summed E-state index contributed by atoms with van der Waals surface area (Å²) in [7, 11) is -3.71. The monoisotopic (exact) mass is 463 g/mol. The van der Waals surface area contributed by atoms with E-state index in [0.717, 1.165) is 21.7 Å². The Bertz CT molecular complexity index is 1350. The molecule has 0 aliphatic carbocycles. The molecule has 0 unspecified atom stereocenters. The Hall–Kier alpha value is -3.49. The molecule has 1 heterocycles. The molecule has 1 amide bonds. The van der Waals surface area contributed by atoms with Gasteiger partial charge in [0.1, 0.15) is 5.01 Å². The molecule has 0 aliphatic heterocycles. The van der Waals surface area contributed by atoms with E-state index < -0.39 is 10.0 Å². The first-order valence-corrected chi connectivity index (χ1v) is 12.2. The molecule has 162 valence electrons. The summed E-state index contributed by atoms with van der Waals surface area (Å²) in [6.45, 7) is 3.80. The first-order valence-electron chi connectivity index (χ1n) is 9.83. The zero-order valence-corrected chi connectivity index (χ0v) is 19.1. The molecule has 8 heteroatoms. The highest BCUT2D eigenvalue weighted by molar-refractivity contribution is 7.92. The number of thiazole rings is 1. The smallest absolute Gasteiger partial charge is 0.261 e. The maximum absolute atomic E-state index is 12.6.